The predicted octanol–water partition coefficient (Wildman–Crippen LogP) is 3.53. The van der Waals surface area contributed by atoms with Crippen LogP contribution in [0.5, 0.6) is 0 Å². The van der Waals surface area contributed by atoms with E-state index in [1.165, 1.54) is 0 Å². The van der Waals surface area contributed by atoms with Crippen LogP contribution in [0.1, 0.15) is 33.6 Å². The number of fused-ring (bicyclic) bond motifs is 1. The van der Waals surface area contributed by atoms with Crippen LogP contribution in [0.3, 0.4) is 0 Å². The molecule has 3 heterocycles. The number of carboxylic acids is 1. The Bertz CT molecular complexity index is 914. The summed E-state index contributed by atoms with van der Waals surface area (Å²) in [6.45, 7) is 7.99. The van der Waals surface area contributed by atoms with Crippen LogP contribution in [-0.4, -0.2) is 35.4 Å². The molecule has 3 rings (SSSR count). The summed E-state index contributed by atoms with van der Waals surface area (Å²) in [7, 11) is 0. The van der Waals surface area contributed by atoms with Crippen LogP contribution in [0.4, 0.5) is 11.6 Å². The molecule has 0 unspecified atom stereocenters. The molecular weight excluding hydrogens is 344 g/mol. The van der Waals surface area contributed by atoms with E-state index < -0.39 is 5.97 Å². The van der Waals surface area contributed by atoms with Crippen molar-refractivity contribution < 1.29 is 9.90 Å². The van der Waals surface area contributed by atoms with Crippen molar-refractivity contribution in [2.75, 3.05) is 5.32 Å². The molecule has 0 radical (unpaired) electrons. The molecule has 0 saturated carbocycles. The number of anilines is 2. The van der Waals surface area contributed by atoms with Crippen LogP contribution in [0.25, 0.3) is 11.0 Å². The lowest BCUT2D eigenvalue weighted by Gasteiger charge is -2.20. The van der Waals surface area contributed by atoms with Gasteiger partial charge in [-0.3, -0.25) is 9.48 Å². The SMILES string of the molecule is CC[C@H](Cn1ccc2cnc(Nc3cnn(CCC(=O)O)c3)nc21)C(C)C. The van der Waals surface area contributed by atoms with E-state index in [2.05, 4.69) is 51.9 Å². The third kappa shape index (κ3) is 4.64. The smallest absolute Gasteiger partial charge is 0.305 e. The van der Waals surface area contributed by atoms with Gasteiger partial charge in [-0.2, -0.15) is 10.1 Å². The second-order valence-electron chi connectivity index (χ2n) is 7.11. The topological polar surface area (TPSA) is 97.9 Å². The molecule has 0 bridgehead atoms. The van der Waals surface area contributed by atoms with Crippen LogP contribution in [0.15, 0.2) is 30.9 Å². The molecule has 0 saturated heterocycles. The van der Waals surface area contributed by atoms with Crippen molar-refractivity contribution in [2.24, 2.45) is 11.8 Å². The van der Waals surface area contributed by atoms with Crippen LogP contribution in [-0.2, 0) is 17.9 Å². The normalized spacial score (nSPS) is 12.6. The molecule has 144 valence electrons. The van der Waals surface area contributed by atoms with Gasteiger partial charge in [-0.15, -0.1) is 0 Å². The Labute approximate surface area is 158 Å². The Morgan fingerprint density at radius 1 is 1.33 bits per heavy atom. The molecular formula is C19H26N6O2. The maximum atomic E-state index is 10.7. The lowest BCUT2D eigenvalue weighted by Crippen LogP contribution is -2.15. The van der Waals surface area contributed by atoms with E-state index in [0.717, 1.165) is 29.7 Å². The third-order valence-electron chi connectivity index (χ3n) is 4.84. The number of carboxylic acid groups (broad SMARTS) is 1. The van der Waals surface area contributed by atoms with Crippen LogP contribution >= 0.6 is 0 Å². The van der Waals surface area contributed by atoms with Crippen molar-refractivity contribution in [3.63, 3.8) is 0 Å². The van der Waals surface area contributed by atoms with Gasteiger partial charge in [-0.25, -0.2) is 4.98 Å². The number of aryl methyl sites for hydroxylation is 1. The molecule has 1 atom stereocenters. The zero-order chi connectivity index (χ0) is 19.4. The van der Waals surface area contributed by atoms with E-state index in [1.54, 1.807) is 17.1 Å². The number of hydrogen-bond donors (Lipinski definition) is 2. The maximum absolute atomic E-state index is 10.7. The standard InChI is InChI=1S/C19H26N6O2/c1-4-14(13(2)3)11-24-7-5-15-9-20-19(23-18(15)24)22-16-10-21-25(12-16)8-6-17(26)27/h5,7,9-10,12-14H,4,6,8,11H2,1-3H3,(H,26,27)(H,20,22,23)/t14-/m1/s1. The molecule has 3 aromatic heterocycles. The van der Waals surface area contributed by atoms with Gasteiger partial charge in [0.25, 0.3) is 0 Å². The zero-order valence-corrected chi connectivity index (χ0v) is 16.0. The highest BCUT2D eigenvalue weighted by Gasteiger charge is 2.14. The maximum Gasteiger partial charge on any atom is 0.305 e. The van der Waals surface area contributed by atoms with Gasteiger partial charge in [0.15, 0.2) is 0 Å². The largest absolute Gasteiger partial charge is 0.481 e. The van der Waals surface area contributed by atoms with Gasteiger partial charge in [0, 0.05) is 30.5 Å². The molecule has 27 heavy (non-hydrogen) atoms. The molecule has 0 aliphatic heterocycles. The summed E-state index contributed by atoms with van der Waals surface area (Å²) in [4.78, 5) is 19.7. The predicted molar refractivity (Wildman–Crippen MR) is 104 cm³/mol. The summed E-state index contributed by atoms with van der Waals surface area (Å²) in [6, 6.07) is 2.04. The quantitative estimate of drug-likeness (QED) is 0.598. The zero-order valence-electron chi connectivity index (χ0n) is 16.0. The second kappa shape index (κ2) is 8.20. The Hall–Kier alpha value is -2.90. The summed E-state index contributed by atoms with van der Waals surface area (Å²) in [5.41, 5.74) is 1.64. The van der Waals surface area contributed by atoms with Crippen LogP contribution in [0.2, 0.25) is 0 Å². The number of nitrogens with zero attached hydrogens (tertiary/aromatic N) is 5. The number of carbonyl (C=O) groups is 1. The van der Waals surface area contributed by atoms with E-state index >= 15 is 0 Å². The minimum absolute atomic E-state index is 0.0333. The summed E-state index contributed by atoms with van der Waals surface area (Å²) in [6.07, 6.45) is 8.43. The molecule has 3 aromatic rings. The van der Waals surface area contributed by atoms with E-state index in [9.17, 15) is 4.79 Å². The van der Waals surface area contributed by atoms with Crippen molar-refractivity contribution in [3.05, 3.63) is 30.9 Å². The van der Waals surface area contributed by atoms with Crippen molar-refractivity contribution in [2.45, 2.75) is 46.7 Å². The van der Waals surface area contributed by atoms with Crippen LogP contribution < -0.4 is 5.32 Å². The minimum Gasteiger partial charge on any atom is -0.481 e. The first-order valence-corrected chi connectivity index (χ1v) is 9.29. The molecule has 0 fully saturated rings. The third-order valence-corrected chi connectivity index (χ3v) is 4.84. The average Bonchev–Trinajstić information content (AvgIpc) is 3.24. The summed E-state index contributed by atoms with van der Waals surface area (Å²) in [5, 5.41) is 17.1. The van der Waals surface area contributed by atoms with Crippen molar-refractivity contribution in [3.8, 4) is 0 Å². The van der Waals surface area contributed by atoms with Gasteiger partial charge >= 0.3 is 5.97 Å². The number of hydrogen-bond acceptors (Lipinski definition) is 5. The van der Waals surface area contributed by atoms with E-state index in [4.69, 9.17) is 5.11 Å². The minimum atomic E-state index is -0.846. The number of aromatic nitrogens is 5. The summed E-state index contributed by atoms with van der Waals surface area (Å²) < 4.78 is 3.78. The highest BCUT2D eigenvalue weighted by molar-refractivity contribution is 5.76. The van der Waals surface area contributed by atoms with Gasteiger partial charge in [0.05, 0.1) is 24.8 Å². The fourth-order valence-corrected chi connectivity index (χ4v) is 3.13. The Balaban J connectivity index is 1.76. The highest BCUT2D eigenvalue weighted by atomic mass is 16.4. The number of rotatable bonds is 9. The first-order valence-electron chi connectivity index (χ1n) is 9.29. The van der Waals surface area contributed by atoms with E-state index in [-0.39, 0.29) is 6.42 Å². The van der Waals surface area contributed by atoms with Crippen molar-refractivity contribution in [1.29, 1.82) is 0 Å². The van der Waals surface area contributed by atoms with Gasteiger partial charge in [0.1, 0.15) is 5.65 Å². The Kier molecular flexibility index (Phi) is 5.73. The monoisotopic (exact) mass is 370 g/mol. The highest BCUT2D eigenvalue weighted by Crippen LogP contribution is 2.22. The first-order chi connectivity index (χ1) is 13.0. The molecule has 8 heteroatoms. The lowest BCUT2D eigenvalue weighted by molar-refractivity contribution is -0.137. The Morgan fingerprint density at radius 2 is 2.15 bits per heavy atom. The number of aliphatic carboxylic acids is 1. The van der Waals surface area contributed by atoms with E-state index in [0.29, 0.717) is 24.3 Å². The fourth-order valence-electron chi connectivity index (χ4n) is 3.13. The van der Waals surface area contributed by atoms with Gasteiger partial charge in [-0.1, -0.05) is 27.2 Å². The molecule has 0 aliphatic carbocycles. The van der Waals surface area contributed by atoms with Gasteiger partial charge in [-0.05, 0) is 17.9 Å². The summed E-state index contributed by atoms with van der Waals surface area (Å²) in [5.74, 6) is 0.863. The first kappa shape index (κ1) is 18.9. The molecule has 0 aromatic carbocycles. The molecule has 0 amide bonds. The fraction of sp³-hybridized carbons (Fsp3) is 0.474. The average molecular weight is 370 g/mol. The summed E-state index contributed by atoms with van der Waals surface area (Å²) >= 11 is 0. The molecule has 8 nitrogen and oxygen atoms in total. The van der Waals surface area contributed by atoms with Gasteiger partial charge in [0.2, 0.25) is 5.95 Å². The lowest BCUT2D eigenvalue weighted by atomic mass is 9.93. The van der Waals surface area contributed by atoms with E-state index in [1.807, 2.05) is 12.3 Å². The molecule has 0 spiro atoms. The molecule has 0 aliphatic rings. The van der Waals surface area contributed by atoms with Crippen molar-refractivity contribution in [1.82, 2.24) is 24.3 Å². The Morgan fingerprint density at radius 3 is 2.85 bits per heavy atom. The van der Waals surface area contributed by atoms with Gasteiger partial charge < -0.3 is 15.0 Å². The second-order valence-corrected chi connectivity index (χ2v) is 7.11. The van der Waals surface area contributed by atoms with Crippen molar-refractivity contribution >= 4 is 28.6 Å². The van der Waals surface area contributed by atoms with Crippen LogP contribution in [0, 0.1) is 11.8 Å². The molecule has 2 N–H and O–H groups in total. The number of nitrogens with one attached hydrogen (secondary N) is 1.